The summed E-state index contributed by atoms with van der Waals surface area (Å²) < 4.78 is 0. The fraction of sp³-hybridized carbons (Fsp3) is 0.654. The van der Waals surface area contributed by atoms with E-state index < -0.39 is 0 Å². The Bertz CT molecular complexity index is 739. The van der Waals surface area contributed by atoms with Crippen molar-refractivity contribution in [3.63, 3.8) is 0 Å². The van der Waals surface area contributed by atoms with Crippen LogP contribution in [0.3, 0.4) is 0 Å². The molecule has 0 radical (unpaired) electrons. The van der Waals surface area contributed by atoms with E-state index in [9.17, 15) is 4.79 Å². The van der Waals surface area contributed by atoms with Gasteiger partial charge in [-0.15, -0.1) is 0 Å². The Morgan fingerprint density at radius 2 is 1.76 bits per heavy atom. The number of allylic oxidation sites excluding steroid dienone is 1. The summed E-state index contributed by atoms with van der Waals surface area (Å²) >= 11 is 0. The number of carbonyl (C=O) groups is 1. The van der Waals surface area contributed by atoms with Gasteiger partial charge in [0.25, 0.3) is 5.91 Å². The molecule has 1 aromatic rings. The van der Waals surface area contributed by atoms with Crippen LogP contribution in [0, 0.1) is 0 Å². The normalized spacial score (nSPS) is 22.4. The highest BCUT2D eigenvalue weighted by molar-refractivity contribution is 6.21. The highest BCUT2D eigenvalue weighted by atomic mass is 16.1. The standard InChI is InChI=1S/C26H38N2O.H2/c1-3-20(4-2)27-25(29)23-19-26(24-14-10-9-13-22(23)24)15-17-28(18-16-26)21-11-7-5-6-8-12-21;/h9-10,13-14,19-21H,3-8,11-12,15-18H2,1-2H3,(H,27,29);1H. The lowest BCUT2D eigenvalue weighted by atomic mass is 9.74. The smallest absolute Gasteiger partial charge is 0.251 e. The van der Waals surface area contributed by atoms with Gasteiger partial charge in [-0.3, -0.25) is 4.79 Å². The van der Waals surface area contributed by atoms with E-state index in [2.05, 4.69) is 54.4 Å². The largest absolute Gasteiger partial charge is 0.349 e. The average molecular weight is 397 g/mol. The van der Waals surface area contributed by atoms with Crippen molar-refractivity contribution in [3.05, 3.63) is 41.5 Å². The molecule has 1 amide bonds. The van der Waals surface area contributed by atoms with Crippen LogP contribution in [0.4, 0.5) is 0 Å². The van der Waals surface area contributed by atoms with Crippen molar-refractivity contribution in [1.29, 1.82) is 0 Å². The third-order valence-electron chi connectivity index (χ3n) is 7.77. The zero-order valence-corrected chi connectivity index (χ0v) is 18.4. The van der Waals surface area contributed by atoms with Crippen LogP contribution in [0.2, 0.25) is 0 Å². The minimum absolute atomic E-state index is 0. The van der Waals surface area contributed by atoms with Crippen LogP contribution < -0.4 is 5.32 Å². The second-order valence-electron chi connectivity index (χ2n) is 9.43. The zero-order chi connectivity index (χ0) is 20.3. The Labute approximate surface area is 178 Å². The van der Waals surface area contributed by atoms with Gasteiger partial charge in [-0.1, -0.05) is 69.9 Å². The minimum Gasteiger partial charge on any atom is -0.349 e. The van der Waals surface area contributed by atoms with Gasteiger partial charge in [0.15, 0.2) is 0 Å². The van der Waals surface area contributed by atoms with E-state index in [0.717, 1.165) is 50.4 Å². The van der Waals surface area contributed by atoms with Crippen LogP contribution >= 0.6 is 0 Å². The van der Waals surface area contributed by atoms with Crippen LogP contribution in [0.15, 0.2) is 30.3 Å². The van der Waals surface area contributed by atoms with Gasteiger partial charge in [-0.2, -0.15) is 0 Å². The molecular formula is C26H40N2O. The van der Waals surface area contributed by atoms with Gasteiger partial charge in [0.1, 0.15) is 0 Å². The summed E-state index contributed by atoms with van der Waals surface area (Å²) in [7, 11) is 0. The molecule has 160 valence electrons. The van der Waals surface area contributed by atoms with Gasteiger partial charge < -0.3 is 10.2 Å². The molecule has 3 heteroatoms. The SMILES string of the molecule is CCC(CC)NC(=O)C1=CC2(CCN(C3CCCCCC3)CC2)c2ccccc21.[HH]. The number of likely N-dealkylation sites (tertiary alicyclic amines) is 1. The highest BCUT2D eigenvalue weighted by Gasteiger charge is 2.42. The molecule has 0 unspecified atom stereocenters. The number of rotatable bonds is 5. The lowest BCUT2D eigenvalue weighted by Crippen LogP contribution is -2.45. The zero-order valence-electron chi connectivity index (χ0n) is 18.4. The first-order valence-electron chi connectivity index (χ1n) is 12.0. The Morgan fingerprint density at radius 3 is 2.41 bits per heavy atom. The van der Waals surface area contributed by atoms with E-state index in [1.165, 1.54) is 49.7 Å². The van der Waals surface area contributed by atoms with Crippen molar-refractivity contribution >= 4 is 11.5 Å². The van der Waals surface area contributed by atoms with Crippen LogP contribution in [0.5, 0.6) is 0 Å². The fourth-order valence-electron chi connectivity index (χ4n) is 5.85. The quantitative estimate of drug-likeness (QED) is 0.648. The van der Waals surface area contributed by atoms with Gasteiger partial charge in [0.05, 0.1) is 0 Å². The molecule has 0 aromatic heterocycles. The van der Waals surface area contributed by atoms with Crippen LogP contribution in [-0.4, -0.2) is 36.0 Å². The second kappa shape index (κ2) is 9.04. The maximum absolute atomic E-state index is 13.1. The first kappa shape index (κ1) is 20.7. The number of nitrogens with one attached hydrogen (secondary N) is 1. The predicted molar refractivity (Wildman–Crippen MR) is 123 cm³/mol. The summed E-state index contributed by atoms with van der Waals surface area (Å²) in [6.45, 7) is 6.63. The van der Waals surface area contributed by atoms with E-state index in [0.29, 0.717) is 0 Å². The molecule has 1 spiro atoms. The van der Waals surface area contributed by atoms with Crippen molar-refractivity contribution < 1.29 is 6.22 Å². The molecule has 0 atom stereocenters. The summed E-state index contributed by atoms with van der Waals surface area (Å²) in [5, 5.41) is 3.27. The van der Waals surface area contributed by atoms with E-state index in [1.807, 2.05) is 0 Å². The predicted octanol–water partition coefficient (Wildman–Crippen LogP) is 5.69. The number of hydrogen-bond acceptors (Lipinski definition) is 2. The molecule has 1 saturated heterocycles. The van der Waals surface area contributed by atoms with Crippen molar-refractivity contribution in [2.24, 2.45) is 0 Å². The Kier molecular flexibility index (Phi) is 6.44. The first-order chi connectivity index (χ1) is 14.2. The van der Waals surface area contributed by atoms with Gasteiger partial charge in [0.2, 0.25) is 0 Å². The van der Waals surface area contributed by atoms with Gasteiger partial charge in [0, 0.05) is 24.5 Å². The van der Waals surface area contributed by atoms with Crippen LogP contribution in [0.25, 0.3) is 5.57 Å². The van der Waals surface area contributed by atoms with Gasteiger partial charge in [-0.25, -0.2) is 0 Å². The monoisotopic (exact) mass is 396 g/mol. The number of carbonyl (C=O) groups excluding carboxylic acids is 1. The maximum atomic E-state index is 13.1. The lowest BCUT2D eigenvalue weighted by molar-refractivity contribution is -0.116. The van der Waals surface area contributed by atoms with Crippen molar-refractivity contribution in [3.8, 4) is 0 Å². The third kappa shape index (κ3) is 4.17. The summed E-state index contributed by atoms with van der Waals surface area (Å²) in [5.41, 5.74) is 3.52. The number of hydrogen-bond donors (Lipinski definition) is 1. The van der Waals surface area contributed by atoms with E-state index in [1.54, 1.807) is 0 Å². The van der Waals surface area contributed by atoms with Gasteiger partial charge in [-0.05, 0) is 62.7 Å². The first-order valence-corrected chi connectivity index (χ1v) is 12.0. The van der Waals surface area contributed by atoms with Crippen LogP contribution in [-0.2, 0) is 10.2 Å². The summed E-state index contributed by atoms with van der Waals surface area (Å²) in [6.07, 6.45) is 15.0. The minimum atomic E-state index is 0. The van der Waals surface area contributed by atoms with Gasteiger partial charge >= 0.3 is 0 Å². The molecule has 3 aliphatic rings. The number of piperidine rings is 1. The topological polar surface area (TPSA) is 32.3 Å². The third-order valence-corrected chi connectivity index (χ3v) is 7.77. The lowest BCUT2D eigenvalue weighted by Gasteiger charge is -2.42. The Balaban J connectivity index is 0.00000256. The molecule has 2 aliphatic carbocycles. The molecule has 2 fully saturated rings. The van der Waals surface area contributed by atoms with Crippen LogP contribution in [0.1, 0.15) is 90.6 Å². The molecule has 3 nitrogen and oxygen atoms in total. The number of benzene rings is 1. The fourth-order valence-corrected chi connectivity index (χ4v) is 5.85. The number of fused-ring (bicyclic) bond motifs is 2. The van der Waals surface area contributed by atoms with Crippen molar-refractivity contribution in [1.82, 2.24) is 10.2 Å². The number of nitrogens with zero attached hydrogens (tertiary/aromatic N) is 1. The van der Waals surface area contributed by atoms with E-state index >= 15 is 0 Å². The molecule has 29 heavy (non-hydrogen) atoms. The van der Waals surface area contributed by atoms with E-state index in [4.69, 9.17) is 0 Å². The molecule has 0 bridgehead atoms. The van der Waals surface area contributed by atoms with E-state index in [-0.39, 0.29) is 18.8 Å². The molecular weight excluding hydrogens is 356 g/mol. The second-order valence-corrected chi connectivity index (χ2v) is 9.43. The Morgan fingerprint density at radius 1 is 1.10 bits per heavy atom. The highest BCUT2D eigenvalue weighted by Crippen LogP contribution is 2.47. The summed E-state index contributed by atoms with van der Waals surface area (Å²) in [6, 6.07) is 9.70. The average Bonchev–Trinajstić information content (AvgIpc) is 2.91. The Hall–Kier alpha value is -1.61. The maximum Gasteiger partial charge on any atom is 0.251 e. The van der Waals surface area contributed by atoms with Crippen molar-refractivity contribution in [2.75, 3.05) is 13.1 Å². The molecule has 1 N–H and O–H groups in total. The molecule has 1 aromatic carbocycles. The number of amides is 1. The summed E-state index contributed by atoms with van der Waals surface area (Å²) in [4.78, 5) is 15.9. The molecule has 1 heterocycles. The molecule has 1 aliphatic heterocycles. The summed E-state index contributed by atoms with van der Waals surface area (Å²) in [5.74, 6) is 0.120. The molecule has 1 saturated carbocycles. The van der Waals surface area contributed by atoms with Crippen molar-refractivity contribution in [2.45, 2.75) is 95.6 Å². The molecule has 4 rings (SSSR count).